The second-order valence-corrected chi connectivity index (χ2v) is 29.6. The predicted octanol–water partition coefficient (Wildman–Crippen LogP) is 13.9. The molecule has 0 aromatic rings. The lowest BCUT2D eigenvalue weighted by atomic mass is 9.96. The average Bonchev–Trinajstić information content (AvgIpc) is 0.781. The SMILES string of the molecule is CCCCCCCCCCCCCCCCCCC/C=C/CC/C=C/CC/C=C/C(O)C(COC1OC(CO)C(OC2OC(CO)C(OC3OC(CO)C(O)C(O)C3O)C(O)C2O)C(O)C1O)NC(=O)CCCCCCCCCCCCCCCCCCCCCCCCCCCCCC. The third-order valence-electron chi connectivity index (χ3n) is 20.7. The highest BCUT2D eigenvalue weighted by atomic mass is 16.8. The molecule has 0 spiro atoms. The molecule has 3 fully saturated rings. The van der Waals surface area contributed by atoms with Crippen LogP contribution in [0.2, 0.25) is 0 Å². The lowest BCUT2D eigenvalue weighted by Crippen LogP contribution is -2.66. The Bertz CT molecular complexity index is 1950. The fourth-order valence-electron chi connectivity index (χ4n) is 14.1. The molecule has 17 atom stereocenters. The first kappa shape index (κ1) is 92.2. The number of aliphatic hydroxyl groups is 11. The molecule has 0 radical (unpaired) electrons. The van der Waals surface area contributed by atoms with E-state index in [-0.39, 0.29) is 18.9 Å². The van der Waals surface area contributed by atoms with Gasteiger partial charge in [-0.15, -0.1) is 0 Å². The van der Waals surface area contributed by atoms with E-state index in [9.17, 15) is 61.0 Å². The summed E-state index contributed by atoms with van der Waals surface area (Å²) >= 11 is 0. The van der Waals surface area contributed by atoms with Crippen molar-refractivity contribution in [3.8, 4) is 0 Å². The monoisotopic (exact) mass is 1430 g/mol. The van der Waals surface area contributed by atoms with Crippen molar-refractivity contribution in [1.82, 2.24) is 5.32 Å². The number of aliphatic hydroxyl groups excluding tert-OH is 11. The molecule has 588 valence electrons. The second-order valence-electron chi connectivity index (χ2n) is 29.6. The van der Waals surface area contributed by atoms with E-state index in [1.807, 2.05) is 6.08 Å². The number of ether oxygens (including phenoxy) is 6. The molecule has 17 unspecified atom stereocenters. The molecule has 19 nitrogen and oxygen atoms in total. The normalized spacial score (nSPS) is 26.6. The molecule has 3 saturated heterocycles. The van der Waals surface area contributed by atoms with Crippen molar-refractivity contribution in [3.05, 3.63) is 36.5 Å². The number of carbonyl (C=O) groups is 1. The second kappa shape index (κ2) is 62.1. The molecule has 0 aromatic carbocycles. The van der Waals surface area contributed by atoms with Crippen molar-refractivity contribution in [2.24, 2.45) is 0 Å². The van der Waals surface area contributed by atoms with Gasteiger partial charge in [-0.3, -0.25) is 4.79 Å². The van der Waals surface area contributed by atoms with Gasteiger partial charge in [0.2, 0.25) is 5.91 Å². The number of hydrogen-bond acceptors (Lipinski definition) is 18. The van der Waals surface area contributed by atoms with Crippen LogP contribution in [0, 0.1) is 0 Å². The minimum absolute atomic E-state index is 0.236. The van der Waals surface area contributed by atoms with Crippen LogP contribution in [0.25, 0.3) is 0 Å². The maximum absolute atomic E-state index is 13.5. The van der Waals surface area contributed by atoms with E-state index in [1.54, 1.807) is 6.08 Å². The summed E-state index contributed by atoms with van der Waals surface area (Å²) in [6.45, 7) is 1.77. The molecule has 1 amide bonds. The van der Waals surface area contributed by atoms with Gasteiger partial charge in [0.15, 0.2) is 18.9 Å². The minimum Gasteiger partial charge on any atom is -0.394 e. The van der Waals surface area contributed by atoms with Gasteiger partial charge in [0, 0.05) is 6.42 Å². The standard InChI is InChI=1S/C81H151NO18/c1-3-5-7-9-11-13-15-17-19-21-23-25-27-29-31-33-35-37-39-41-43-45-47-49-51-53-55-57-59-69(87)82-64(65(86)58-56-54-52-50-48-46-44-42-40-38-36-34-32-30-28-26-24-22-20-18-16-14-12-10-8-6-4-2)63-95-79-75(93)72(90)77(67(61-84)97-79)100-81-76(94)73(91)78(68(62-85)98-81)99-80-74(92)71(89)70(88)66(60-83)96-80/h40,42,48,50,56,58,64-68,70-81,83-86,88-94H,3-39,41,43-47,49,51-55,57,59-63H2,1-2H3,(H,82,87)/b42-40+,50-48+,58-56+. The highest BCUT2D eigenvalue weighted by Gasteiger charge is 2.54. The molecule has 100 heavy (non-hydrogen) atoms. The molecular weight excluding hydrogens is 1270 g/mol. The number of rotatable bonds is 66. The lowest BCUT2D eigenvalue weighted by Gasteiger charge is -2.48. The van der Waals surface area contributed by atoms with Crippen LogP contribution in [0.4, 0.5) is 0 Å². The number of nitrogens with one attached hydrogen (secondary N) is 1. The van der Waals surface area contributed by atoms with Crippen LogP contribution in [-0.2, 0) is 33.2 Å². The third-order valence-corrected chi connectivity index (χ3v) is 20.7. The zero-order chi connectivity index (χ0) is 72.5. The van der Waals surface area contributed by atoms with Crippen LogP contribution in [0.1, 0.15) is 341 Å². The molecule has 19 heteroatoms. The number of allylic oxidation sites excluding steroid dienone is 5. The molecule has 0 saturated carbocycles. The molecule has 3 heterocycles. The van der Waals surface area contributed by atoms with Gasteiger partial charge in [-0.05, 0) is 44.9 Å². The largest absolute Gasteiger partial charge is 0.394 e. The van der Waals surface area contributed by atoms with Gasteiger partial charge in [-0.25, -0.2) is 0 Å². The van der Waals surface area contributed by atoms with Crippen molar-refractivity contribution >= 4 is 5.91 Å². The summed E-state index contributed by atoms with van der Waals surface area (Å²) in [6, 6.07) is -0.996. The van der Waals surface area contributed by atoms with Crippen molar-refractivity contribution in [1.29, 1.82) is 0 Å². The molecule has 3 aliphatic heterocycles. The maximum Gasteiger partial charge on any atom is 0.220 e. The Balaban J connectivity index is 1.39. The number of carbonyl (C=O) groups excluding carboxylic acids is 1. The van der Waals surface area contributed by atoms with E-state index >= 15 is 0 Å². The molecule has 12 N–H and O–H groups in total. The van der Waals surface area contributed by atoms with E-state index < -0.39 is 124 Å². The van der Waals surface area contributed by atoms with E-state index in [0.717, 1.165) is 44.9 Å². The fraction of sp³-hybridized carbons (Fsp3) is 0.914. The van der Waals surface area contributed by atoms with Crippen molar-refractivity contribution < 1.29 is 89.4 Å². The van der Waals surface area contributed by atoms with Crippen molar-refractivity contribution in [3.63, 3.8) is 0 Å². The minimum atomic E-state index is -1.98. The summed E-state index contributed by atoms with van der Waals surface area (Å²) in [7, 11) is 0. The Hall–Kier alpha value is -1.99. The van der Waals surface area contributed by atoms with E-state index in [0.29, 0.717) is 12.8 Å². The highest BCUT2D eigenvalue weighted by Crippen LogP contribution is 2.33. The Labute approximate surface area is 606 Å². The summed E-state index contributed by atoms with van der Waals surface area (Å²) < 4.78 is 34.4. The summed E-state index contributed by atoms with van der Waals surface area (Å²) in [4.78, 5) is 13.5. The first-order chi connectivity index (χ1) is 48.8. The summed E-state index contributed by atoms with van der Waals surface area (Å²) in [5.41, 5.74) is 0. The zero-order valence-corrected chi connectivity index (χ0v) is 62.9. The Morgan fingerprint density at radius 3 is 1.00 bits per heavy atom. The summed E-state index contributed by atoms with van der Waals surface area (Å²) in [5.74, 6) is -0.282. The van der Waals surface area contributed by atoms with E-state index in [4.69, 9.17) is 28.4 Å². The van der Waals surface area contributed by atoms with Crippen LogP contribution in [0.15, 0.2) is 36.5 Å². The van der Waals surface area contributed by atoms with Gasteiger partial charge < -0.3 is 89.9 Å². The molecule has 0 aromatic heterocycles. The zero-order valence-electron chi connectivity index (χ0n) is 62.9. The van der Waals surface area contributed by atoms with Gasteiger partial charge in [-0.2, -0.15) is 0 Å². The Morgan fingerprint density at radius 2 is 0.640 bits per heavy atom. The van der Waals surface area contributed by atoms with E-state index in [2.05, 4.69) is 43.5 Å². The number of hydrogen-bond donors (Lipinski definition) is 12. The van der Waals surface area contributed by atoms with Crippen LogP contribution in [0.3, 0.4) is 0 Å². The highest BCUT2D eigenvalue weighted by molar-refractivity contribution is 5.76. The van der Waals surface area contributed by atoms with Crippen molar-refractivity contribution in [2.45, 2.75) is 446 Å². The van der Waals surface area contributed by atoms with E-state index in [1.165, 1.54) is 263 Å². The van der Waals surface area contributed by atoms with Crippen LogP contribution in [-0.4, -0.2) is 193 Å². The average molecular weight is 1430 g/mol. The predicted molar refractivity (Wildman–Crippen MR) is 397 cm³/mol. The van der Waals surface area contributed by atoms with Crippen molar-refractivity contribution in [2.75, 3.05) is 26.4 Å². The first-order valence-corrected chi connectivity index (χ1v) is 41.2. The van der Waals surface area contributed by atoms with Gasteiger partial charge in [0.05, 0.1) is 38.6 Å². The van der Waals surface area contributed by atoms with Crippen LogP contribution >= 0.6 is 0 Å². The van der Waals surface area contributed by atoms with Crippen LogP contribution < -0.4 is 5.32 Å². The summed E-state index contributed by atoms with van der Waals surface area (Å²) in [6.07, 6.45) is 50.0. The fourth-order valence-corrected chi connectivity index (χ4v) is 14.1. The Kier molecular flexibility index (Phi) is 57.3. The topological polar surface area (TPSA) is 307 Å². The Morgan fingerprint density at radius 1 is 0.350 bits per heavy atom. The molecule has 3 aliphatic rings. The lowest BCUT2D eigenvalue weighted by molar-refractivity contribution is -0.379. The molecule has 0 bridgehead atoms. The molecular formula is C81H151NO18. The quantitative estimate of drug-likeness (QED) is 0.0199. The smallest absolute Gasteiger partial charge is 0.220 e. The first-order valence-electron chi connectivity index (χ1n) is 41.2. The van der Waals surface area contributed by atoms with Crippen LogP contribution in [0.5, 0.6) is 0 Å². The van der Waals surface area contributed by atoms with Gasteiger partial charge in [-0.1, -0.05) is 326 Å². The maximum atomic E-state index is 13.5. The van der Waals surface area contributed by atoms with Gasteiger partial charge >= 0.3 is 0 Å². The summed E-state index contributed by atoms with van der Waals surface area (Å²) in [5, 5.41) is 121. The third kappa shape index (κ3) is 41.8. The number of unbranched alkanes of at least 4 members (excludes halogenated alkanes) is 46. The van der Waals surface area contributed by atoms with Gasteiger partial charge in [0.25, 0.3) is 0 Å². The van der Waals surface area contributed by atoms with Gasteiger partial charge in [0.1, 0.15) is 73.2 Å². The molecule has 0 aliphatic carbocycles. The molecule has 3 rings (SSSR count). The number of amides is 1.